The fourth-order valence-electron chi connectivity index (χ4n) is 2.29. The first-order chi connectivity index (χ1) is 10.6. The summed E-state index contributed by atoms with van der Waals surface area (Å²) in [5.74, 6) is -0.0883. The average molecular weight is 318 g/mol. The summed E-state index contributed by atoms with van der Waals surface area (Å²) in [6.45, 7) is 3.95. The van der Waals surface area contributed by atoms with E-state index in [1.165, 1.54) is 16.9 Å². The van der Waals surface area contributed by atoms with Gasteiger partial charge in [-0.25, -0.2) is 4.98 Å². The van der Waals surface area contributed by atoms with Crippen LogP contribution in [0, 0.1) is 6.92 Å². The third-order valence-electron chi connectivity index (χ3n) is 3.55. The van der Waals surface area contributed by atoms with E-state index in [2.05, 4.69) is 22.4 Å². The van der Waals surface area contributed by atoms with Crippen LogP contribution in [0.25, 0.3) is 0 Å². The molecule has 1 atom stereocenters. The average Bonchev–Trinajstić information content (AvgIpc) is 2.88. The molecule has 0 saturated carbocycles. The number of nitrogens with one attached hydrogen (secondary N) is 1. The zero-order valence-corrected chi connectivity index (χ0v) is 13.8. The first-order valence-electron chi connectivity index (χ1n) is 7.56. The van der Waals surface area contributed by atoms with Gasteiger partial charge in [-0.3, -0.25) is 4.79 Å². The second-order valence-corrected chi connectivity index (χ2v) is 6.36. The minimum absolute atomic E-state index is 0.0107. The zero-order chi connectivity index (χ0) is 15.9. The van der Waals surface area contributed by atoms with Crippen LogP contribution in [0.5, 0.6) is 0 Å². The van der Waals surface area contributed by atoms with Crippen LogP contribution in [0.1, 0.15) is 45.7 Å². The number of aryl methyl sites for hydroxylation is 1. The number of carbonyl (C=O) groups excluding carboxylic acids is 1. The Bertz CT molecular complexity index is 610. The van der Waals surface area contributed by atoms with Crippen LogP contribution in [0.4, 0.5) is 0 Å². The summed E-state index contributed by atoms with van der Waals surface area (Å²) in [4.78, 5) is 17.5. The van der Waals surface area contributed by atoms with Gasteiger partial charge in [-0.15, -0.1) is 11.3 Å². The van der Waals surface area contributed by atoms with Crippen molar-refractivity contribution in [2.45, 2.75) is 39.2 Å². The van der Waals surface area contributed by atoms with E-state index in [1.54, 1.807) is 0 Å². The second kappa shape index (κ2) is 8.06. The van der Waals surface area contributed by atoms with Crippen molar-refractivity contribution in [2.75, 3.05) is 6.61 Å². The number of thiazole rings is 1. The lowest BCUT2D eigenvalue weighted by molar-refractivity contribution is 0.0932. The molecule has 1 amide bonds. The molecule has 0 aliphatic rings. The summed E-state index contributed by atoms with van der Waals surface area (Å²) < 4.78 is 0. The number of hydrogen-bond donors (Lipinski definition) is 2. The molecule has 0 aliphatic heterocycles. The van der Waals surface area contributed by atoms with Gasteiger partial charge in [0.05, 0.1) is 10.7 Å². The van der Waals surface area contributed by atoms with Gasteiger partial charge in [-0.1, -0.05) is 37.3 Å². The fourth-order valence-corrected chi connectivity index (χ4v) is 3.30. The van der Waals surface area contributed by atoms with E-state index in [-0.39, 0.29) is 18.6 Å². The quantitative estimate of drug-likeness (QED) is 0.825. The van der Waals surface area contributed by atoms with E-state index in [0.717, 1.165) is 23.5 Å². The summed E-state index contributed by atoms with van der Waals surface area (Å²) in [7, 11) is 0. The Kier molecular flexibility index (Phi) is 6.10. The predicted molar refractivity (Wildman–Crippen MR) is 89.3 cm³/mol. The monoisotopic (exact) mass is 318 g/mol. The third kappa shape index (κ3) is 4.39. The van der Waals surface area contributed by atoms with Gasteiger partial charge in [0, 0.05) is 19.1 Å². The van der Waals surface area contributed by atoms with Gasteiger partial charge in [0.25, 0.3) is 5.91 Å². The molecule has 5 heteroatoms. The molecule has 1 unspecified atom stereocenters. The number of rotatable bonds is 7. The lowest BCUT2D eigenvalue weighted by Gasteiger charge is -2.14. The minimum Gasteiger partial charge on any atom is -0.396 e. The van der Waals surface area contributed by atoms with Gasteiger partial charge >= 0.3 is 0 Å². The Labute approximate surface area is 135 Å². The van der Waals surface area contributed by atoms with Gasteiger partial charge in [-0.05, 0) is 25.3 Å². The summed E-state index contributed by atoms with van der Waals surface area (Å²) >= 11 is 1.45. The Balaban J connectivity index is 2.07. The van der Waals surface area contributed by atoms with E-state index in [1.807, 2.05) is 32.0 Å². The molecule has 0 fully saturated rings. The molecule has 2 rings (SSSR count). The molecule has 0 saturated heterocycles. The first kappa shape index (κ1) is 16.6. The fraction of sp³-hybridized carbons (Fsp3) is 0.412. The zero-order valence-electron chi connectivity index (χ0n) is 13.0. The molecule has 0 aliphatic carbocycles. The van der Waals surface area contributed by atoms with Gasteiger partial charge in [0.2, 0.25) is 0 Å². The first-order valence-corrected chi connectivity index (χ1v) is 8.37. The molecule has 1 aromatic heterocycles. The predicted octanol–water partition coefficient (Wildman–Crippen LogP) is 2.93. The molecule has 0 bridgehead atoms. The molecular formula is C17H22N2O2S. The number of hydrogen-bond acceptors (Lipinski definition) is 4. The Morgan fingerprint density at radius 1 is 1.36 bits per heavy atom. The number of aliphatic hydroxyl groups excluding tert-OH is 1. The van der Waals surface area contributed by atoms with Crippen molar-refractivity contribution in [3.63, 3.8) is 0 Å². The van der Waals surface area contributed by atoms with Crippen molar-refractivity contribution in [3.8, 4) is 0 Å². The number of aromatic nitrogens is 1. The summed E-state index contributed by atoms with van der Waals surface area (Å²) in [5.41, 5.74) is 1.96. The van der Waals surface area contributed by atoms with Crippen LogP contribution in [-0.2, 0) is 6.42 Å². The molecule has 1 aromatic carbocycles. The van der Waals surface area contributed by atoms with Crippen molar-refractivity contribution < 1.29 is 9.90 Å². The molecule has 0 radical (unpaired) electrons. The van der Waals surface area contributed by atoms with Crippen molar-refractivity contribution in [2.24, 2.45) is 0 Å². The number of benzene rings is 1. The molecule has 1 heterocycles. The number of aliphatic hydroxyl groups is 1. The van der Waals surface area contributed by atoms with E-state index in [9.17, 15) is 4.79 Å². The van der Waals surface area contributed by atoms with Gasteiger partial charge < -0.3 is 10.4 Å². The molecular weight excluding hydrogens is 296 g/mol. The van der Waals surface area contributed by atoms with E-state index < -0.39 is 0 Å². The summed E-state index contributed by atoms with van der Waals surface area (Å²) in [6, 6.07) is 10.1. The van der Waals surface area contributed by atoms with E-state index in [0.29, 0.717) is 11.3 Å². The van der Waals surface area contributed by atoms with Crippen LogP contribution >= 0.6 is 11.3 Å². The minimum atomic E-state index is -0.0883. The smallest absolute Gasteiger partial charge is 0.263 e. The van der Waals surface area contributed by atoms with Crippen LogP contribution in [0.15, 0.2) is 30.3 Å². The maximum absolute atomic E-state index is 12.4. The molecule has 2 aromatic rings. The van der Waals surface area contributed by atoms with Crippen LogP contribution < -0.4 is 5.32 Å². The van der Waals surface area contributed by atoms with Crippen LogP contribution in [0.3, 0.4) is 0 Å². The summed E-state index contributed by atoms with van der Waals surface area (Å²) in [5, 5.41) is 12.9. The topological polar surface area (TPSA) is 62.2 Å². The lowest BCUT2D eigenvalue weighted by atomic mass is 10.1. The maximum atomic E-state index is 12.4. The molecule has 0 spiro atoms. The second-order valence-electron chi connectivity index (χ2n) is 5.28. The molecule has 4 nitrogen and oxygen atoms in total. The number of amides is 1. The number of carbonyl (C=O) groups is 1. The third-order valence-corrected chi connectivity index (χ3v) is 4.71. The highest BCUT2D eigenvalue weighted by Crippen LogP contribution is 2.21. The normalized spacial score (nSPS) is 12.1. The van der Waals surface area contributed by atoms with Crippen LogP contribution in [0.2, 0.25) is 0 Å². The SMILES string of the molecule is CCC(CCO)NC(=O)c1sc(Cc2ccccc2)nc1C. The van der Waals surface area contributed by atoms with Crippen molar-refractivity contribution in [1.29, 1.82) is 0 Å². The van der Waals surface area contributed by atoms with Gasteiger partial charge in [0.15, 0.2) is 0 Å². The molecule has 2 N–H and O–H groups in total. The number of nitrogens with zero attached hydrogens (tertiary/aromatic N) is 1. The highest BCUT2D eigenvalue weighted by Gasteiger charge is 2.18. The molecule has 22 heavy (non-hydrogen) atoms. The van der Waals surface area contributed by atoms with E-state index in [4.69, 9.17) is 5.11 Å². The Hall–Kier alpha value is -1.72. The van der Waals surface area contributed by atoms with Crippen molar-refractivity contribution in [1.82, 2.24) is 10.3 Å². The van der Waals surface area contributed by atoms with Gasteiger partial charge in [-0.2, -0.15) is 0 Å². The van der Waals surface area contributed by atoms with Crippen molar-refractivity contribution in [3.05, 3.63) is 51.5 Å². The largest absolute Gasteiger partial charge is 0.396 e. The highest BCUT2D eigenvalue weighted by molar-refractivity contribution is 7.13. The highest BCUT2D eigenvalue weighted by atomic mass is 32.1. The lowest BCUT2D eigenvalue weighted by Crippen LogP contribution is -2.34. The summed E-state index contributed by atoms with van der Waals surface area (Å²) in [6.07, 6.45) is 2.13. The van der Waals surface area contributed by atoms with Crippen LogP contribution in [-0.4, -0.2) is 28.6 Å². The maximum Gasteiger partial charge on any atom is 0.263 e. The van der Waals surface area contributed by atoms with Gasteiger partial charge in [0.1, 0.15) is 4.88 Å². The Morgan fingerprint density at radius 3 is 2.73 bits per heavy atom. The van der Waals surface area contributed by atoms with Crippen molar-refractivity contribution >= 4 is 17.2 Å². The Morgan fingerprint density at radius 2 is 2.09 bits per heavy atom. The van der Waals surface area contributed by atoms with E-state index >= 15 is 0 Å². The standard InChI is InChI=1S/C17H22N2O2S/c1-3-14(9-10-20)19-17(21)16-12(2)18-15(22-16)11-13-7-5-4-6-8-13/h4-8,14,20H,3,9-11H2,1-2H3,(H,19,21). The molecule has 118 valence electrons.